The minimum atomic E-state index is -0.915. The quantitative estimate of drug-likeness (QED) is 0.451. The second kappa shape index (κ2) is 8.86. The van der Waals surface area contributed by atoms with Gasteiger partial charge in [0.15, 0.2) is 0 Å². The van der Waals surface area contributed by atoms with Gasteiger partial charge in [0.05, 0.1) is 0 Å². The van der Waals surface area contributed by atoms with Crippen LogP contribution in [0.4, 0.5) is 0 Å². The number of carbonyl (C=O) groups excluding carboxylic acids is 1. The highest BCUT2D eigenvalue weighted by molar-refractivity contribution is 5.86. The fraction of sp³-hybridized carbons (Fsp3) is 0.250. The van der Waals surface area contributed by atoms with Gasteiger partial charge in [0.2, 0.25) is 0 Å². The van der Waals surface area contributed by atoms with E-state index >= 15 is 0 Å². The molecule has 0 radical (unpaired) electrons. The molecule has 0 fully saturated rings. The Morgan fingerprint density at radius 2 is 1.32 bits per heavy atom. The van der Waals surface area contributed by atoms with Crippen LogP contribution >= 0.6 is 0 Å². The highest BCUT2D eigenvalue weighted by atomic mass is 16.4. The van der Waals surface area contributed by atoms with Crippen LogP contribution in [0.1, 0.15) is 27.7 Å². The third kappa shape index (κ3) is 8.55. The number of allylic oxidation sites excluding steroid dienone is 9. The molecule has 0 aromatic heterocycles. The summed E-state index contributed by atoms with van der Waals surface area (Å²) in [5.41, 5.74) is 2.82. The van der Waals surface area contributed by atoms with E-state index in [1.165, 1.54) is 0 Å². The summed E-state index contributed by atoms with van der Waals surface area (Å²) in [7, 11) is 0. The van der Waals surface area contributed by atoms with Crippen LogP contribution in [0.2, 0.25) is 0 Å². The molecule has 0 bridgehead atoms. The normalized spacial score (nSPS) is 14.9. The van der Waals surface area contributed by atoms with Crippen LogP contribution < -0.4 is 0 Å². The van der Waals surface area contributed by atoms with E-state index in [0.717, 1.165) is 17.4 Å². The summed E-state index contributed by atoms with van der Waals surface area (Å²) in [5.74, 6) is -0.915. The SMILES string of the molecule is C\C(C=O)=C/C(C)=C/C=C/C=C(C)/C=C(\C)C(=O)O. The van der Waals surface area contributed by atoms with Gasteiger partial charge in [0.1, 0.15) is 6.29 Å². The summed E-state index contributed by atoms with van der Waals surface area (Å²) in [6.07, 6.45) is 11.6. The zero-order valence-electron chi connectivity index (χ0n) is 11.8. The Hall–Kier alpha value is -2.16. The van der Waals surface area contributed by atoms with E-state index in [1.54, 1.807) is 26.0 Å². The molecule has 3 heteroatoms. The smallest absolute Gasteiger partial charge is 0.331 e. The van der Waals surface area contributed by atoms with Gasteiger partial charge in [-0.2, -0.15) is 0 Å². The highest BCUT2D eigenvalue weighted by Crippen LogP contribution is 2.03. The van der Waals surface area contributed by atoms with Gasteiger partial charge in [-0.25, -0.2) is 4.79 Å². The number of hydrogen-bond acceptors (Lipinski definition) is 2. The second-order valence-corrected chi connectivity index (χ2v) is 4.34. The lowest BCUT2D eigenvalue weighted by Crippen LogP contribution is -1.95. The molecule has 0 atom stereocenters. The Morgan fingerprint density at radius 3 is 1.74 bits per heavy atom. The number of rotatable bonds is 6. The van der Waals surface area contributed by atoms with Crippen LogP contribution in [-0.2, 0) is 9.59 Å². The van der Waals surface area contributed by atoms with Gasteiger partial charge >= 0.3 is 5.97 Å². The number of hydrogen-bond donors (Lipinski definition) is 1. The molecule has 0 aromatic carbocycles. The van der Waals surface area contributed by atoms with E-state index < -0.39 is 5.97 Å². The molecule has 1 N–H and O–H groups in total. The highest BCUT2D eigenvalue weighted by Gasteiger charge is 1.97. The monoisotopic (exact) mass is 260 g/mol. The summed E-state index contributed by atoms with van der Waals surface area (Å²) in [4.78, 5) is 21.1. The van der Waals surface area contributed by atoms with E-state index in [1.807, 2.05) is 38.2 Å². The van der Waals surface area contributed by atoms with Crippen molar-refractivity contribution in [3.05, 3.63) is 58.7 Å². The first kappa shape index (κ1) is 16.8. The van der Waals surface area contributed by atoms with Gasteiger partial charge in [-0.1, -0.05) is 41.5 Å². The maximum absolute atomic E-state index is 10.6. The minimum Gasteiger partial charge on any atom is -0.478 e. The molecule has 0 heterocycles. The molecule has 0 rings (SSSR count). The second-order valence-electron chi connectivity index (χ2n) is 4.34. The average molecular weight is 260 g/mol. The van der Waals surface area contributed by atoms with Crippen LogP contribution in [0.3, 0.4) is 0 Å². The molecule has 0 saturated carbocycles. The molecule has 0 saturated heterocycles. The zero-order chi connectivity index (χ0) is 14.8. The number of aliphatic carboxylic acids is 1. The summed E-state index contributed by atoms with van der Waals surface area (Å²) >= 11 is 0. The Bertz CT molecular complexity index is 486. The maximum Gasteiger partial charge on any atom is 0.331 e. The van der Waals surface area contributed by atoms with Crippen molar-refractivity contribution >= 4 is 12.3 Å². The molecule has 0 aliphatic carbocycles. The maximum atomic E-state index is 10.6. The summed E-state index contributed by atoms with van der Waals surface area (Å²) < 4.78 is 0. The van der Waals surface area contributed by atoms with Gasteiger partial charge in [-0.05, 0) is 39.3 Å². The van der Waals surface area contributed by atoms with Gasteiger partial charge in [-0.15, -0.1) is 0 Å². The molecule has 0 aliphatic rings. The first-order valence-electron chi connectivity index (χ1n) is 5.93. The van der Waals surface area contributed by atoms with E-state index in [-0.39, 0.29) is 0 Å². The van der Waals surface area contributed by atoms with Gasteiger partial charge in [0, 0.05) is 5.57 Å². The van der Waals surface area contributed by atoms with Crippen LogP contribution in [0, 0.1) is 0 Å². The molecule has 0 amide bonds. The Labute approximate surface area is 114 Å². The van der Waals surface area contributed by atoms with E-state index in [4.69, 9.17) is 5.11 Å². The lowest BCUT2D eigenvalue weighted by Gasteiger charge is -1.93. The Kier molecular flexibility index (Phi) is 7.85. The summed E-state index contributed by atoms with van der Waals surface area (Å²) in [5, 5.41) is 8.72. The van der Waals surface area contributed by atoms with Crippen molar-refractivity contribution in [2.45, 2.75) is 27.7 Å². The third-order valence-electron chi connectivity index (χ3n) is 2.25. The van der Waals surface area contributed by atoms with Crippen molar-refractivity contribution < 1.29 is 14.7 Å². The topological polar surface area (TPSA) is 54.4 Å². The first-order chi connectivity index (χ1) is 8.86. The number of aldehydes is 1. The van der Waals surface area contributed by atoms with Crippen LogP contribution in [0.15, 0.2) is 58.7 Å². The van der Waals surface area contributed by atoms with Crippen molar-refractivity contribution in [1.82, 2.24) is 0 Å². The van der Waals surface area contributed by atoms with E-state index in [9.17, 15) is 9.59 Å². The minimum absolute atomic E-state index is 0.304. The zero-order valence-corrected chi connectivity index (χ0v) is 11.8. The van der Waals surface area contributed by atoms with Crippen LogP contribution in [0.25, 0.3) is 0 Å². The first-order valence-corrected chi connectivity index (χ1v) is 5.93. The predicted octanol–water partition coefficient (Wildman–Crippen LogP) is 3.61. The van der Waals surface area contributed by atoms with Crippen molar-refractivity contribution in [2.75, 3.05) is 0 Å². The van der Waals surface area contributed by atoms with E-state index in [2.05, 4.69) is 0 Å². The lowest BCUT2D eigenvalue weighted by molar-refractivity contribution is -0.132. The molecular weight excluding hydrogens is 240 g/mol. The standard InChI is InChI=1S/C16H20O3/c1-12(9-14(3)11-17)7-5-6-8-13(2)10-15(4)16(18)19/h5-11H,1-4H3,(H,18,19)/b6-5+,12-7+,13-8+,14-9+,15-10+. The lowest BCUT2D eigenvalue weighted by atomic mass is 10.1. The molecule has 0 aromatic rings. The van der Waals surface area contributed by atoms with Crippen molar-refractivity contribution in [2.24, 2.45) is 0 Å². The summed E-state index contributed by atoms with van der Waals surface area (Å²) in [6, 6.07) is 0. The number of carboxylic acid groups (broad SMARTS) is 1. The van der Waals surface area contributed by atoms with Gasteiger partial charge in [-0.3, -0.25) is 4.79 Å². The molecule has 0 unspecified atom stereocenters. The Balaban J connectivity index is 4.68. The molecule has 0 spiro atoms. The van der Waals surface area contributed by atoms with Crippen LogP contribution in [0.5, 0.6) is 0 Å². The largest absolute Gasteiger partial charge is 0.478 e. The molecule has 3 nitrogen and oxygen atoms in total. The molecule has 0 aliphatic heterocycles. The van der Waals surface area contributed by atoms with Gasteiger partial charge < -0.3 is 5.11 Å². The van der Waals surface area contributed by atoms with Crippen LogP contribution in [-0.4, -0.2) is 17.4 Å². The third-order valence-corrected chi connectivity index (χ3v) is 2.25. The van der Waals surface area contributed by atoms with Crippen molar-refractivity contribution in [1.29, 1.82) is 0 Å². The molecule has 102 valence electrons. The van der Waals surface area contributed by atoms with Crippen molar-refractivity contribution in [3.8, 4) is 0 Å². The summed E-state index contributed by atoms with van der Waals surface area (Å²) in [6.45, 7) is 7.05. The molecular formula is C16H20O3. The fourth-order valence-corrected chi connectivity index (χ4v) is 1.31. The number of carbonyl (C=O) groups is 2. The van der Waals surface area contributed by atoms with E-state index in [0.29, 0.717) is 11.1 Å². The number of carboxylic acids is 1. The fourth-order valence-electron chi connectivity index (χ4n) is 1.31. The Morgan fingerprint density at radius 1 is 0.842 bits per heavy atom. The van der Waals surface area contributed by atoms with Crippen molar-refractivity contribution in [3.63, 3.8) is 0 Å². The van der Waals surface area contributed by atoms with Gasteiger partial charge in [0.25, 0.3) is 0 Å². The average Bonchev–Trinajstić information content (AvgIpc) is 2.34. The predicted molar refractivity (Wildman–Crippen MR) is 77.9 cm³/mol. The molecule has 19 heavy (non-hydrogen) atoms.